The molecular weight excluding hydrogens is 146 g/mol. The second kappa shape index (κ2) is 3.37. The fraction of sp³-hybridized carbons (Fsp3) is 1.00. The van der Waals surface area contributed by atoms with Gasteiger partial charge in [-0.05, 0) is 30.6 Å². The Balaban J connectivity index is 2.69. The second-order valence-electron chi connectivity index (χ2n) is 4.94. The van der Waals surface area contributed by atoms with Crippen LogP contribution in [-0.2, 0) is 0 Å². The molecule has 3 unspecified atom stereocenters. The number of hydrogen-bond acceptors (Lipinski definition) is 1. The van der Waals surface area contributed by atoms with Crippen LogP contribution in [0.4, 0.5) is 0 Å². The van der Waals surface area contributed by atoms with E-state index in [1.165, 1.54) is 19.3 Å². The molecule has 0 saturated heterocycles. The molecule has 1 aliphatic rings. The van der Waals surface area contributed by atoms with Gasteiger partial charge in [-0.1, -0.05) is 34.1 Å². The maximum atomic E-state index is 6.45. The average Bonchev–Trinajstić information content (AvgIpc) is 2.32. The Bertz CT molecular complexity index is 153. The average molecular weight is 169 g/mol. The van der Waals surface area contributed by atoms with E-state index in [0.29, 0.717) is 5.92 Å². The van der Waals surface area contributed by atoms with E-state index in [-0.39, 0.29) is 5.54 Å². The molecule has 0 bridgehead atoms. The van der Waals surface area contributed by atoms with Crippen LogP contribution in [-0.4, -0.2) is 5.54 Å². The maximum Gasteiger partial charge on any atom is 0.0208 e. The summed E-state index contributed by atoms with van der Waals surface area (Å²) in [6.07, 6.45) is 3.88. The van der Waals surface area contributed by atoms with E-state index in [1.807, 2.05) is 0 Å². The molecule has 0 spiro atoms. The van der Waals surface area contributed by atoms with Crippen LogP contribution in [0.2, 0.25) is 0 Å². The second-order valence-corrected chi connectivity index (χ2v) is 4.94. The van der Waals surface area contributed by atoms with Crippen molar-refractivity contribution in [3.8, 4) is 0 Å². The highest BCUT2D eigenvalue weighted by atomic mass is 14.8. The van der Waals surface area contributed by atoms with Crippen LogP contribution in [0.1, 0.15) is 47.0 Å². The normalized spacial score (nSPS) is 39.0. The Morgan fingerprint density at radius 1 is 1.33 bits per heavy atom. The summed E-state index contributed by atoms with van der Waals surface area (Å²) in [5, 5.41) is 0. The fourth-order valence-corrected chi connectivity index (χ4v) is 2.53. The van der Waals surface area contributed by atoms with Gasteiger partial charge in [-0.15, -0.1) is 0 Å². The Labute approximate surface area is 76.7 Å². The molecule has 1 aliphatic carbocycles. The quantitative estimate of drug-likeness (QED) is 0.676. The van der Waals surface area contributed by atoms with Crippen LogP contribution < -0.4 is 5.73 Å². The van der Waals surface area contributed by atoms with E-state index < -0.39 is 0 Å². The van der Waals surface area contributed by atoms with Gasteiger partial charge in [0, 0.05) is 5.54 Å². The van der Waals surface area contributed by atoms with E-state index in [0.717, 1.165) is 11.8 Å². The van der Waals surface area contributed by atoms with Crippen molar-refractivity contribution < 1.29 is 0 Å². The molecule has 1 nitrogen and oxygen atoms in total. The molecule has 0 aromatic carbocycles. The minimum atomic E-state index is 0.133. The molecule has 0 amide bonds. The minimum Gasteiger partial charge on any atom is -0.325 e. The van der Waals surface area contributed by atoms with Crippen molar-refractivity contribution in [3.05, 3.63) is 0 Å². The third-order valence-corrected chi connectivity index (χ3v) is 4.01. The summed E-state index contributed by atoms with van der Waals surface area (Å²) in [6.45, 7) is 9.19. The smallest absolute Gasteiger partial charge is 0.0208 e. The first kappa shape index (κ1) is 10.0. The molecule has 0 aromatic rings. The number of hydrogen-bond donors (Lipinski definition) is 1. The van der Waals surface area contributed by atoms with E-state index in [1.54, 1.807) is 0 Å². The molecule has 12 heavy (non-hydrogen) atoms. The lowest BCUT2D eigenvalue weighted by Gasteiger charge is -2.38. The Hall–Kier alpha value is -0.0400. The maximum absolute atomic E-state index is 6.45. The lowest BCUT2D eigenvalue weighted by atomic mass is 9.73. The number of rotatable bonds is 2. The van der Waals surface area contributed by atoms with Gasteiger partial charge in [-0.2, -0.15) is 0 Å². The van der Waals surface area contributed by atoms with Crippen molar-refractivity contribution >= 4 is 0 Å². The summed E-state index contributed by atoms with van der Waals surface area (Å²) in [5.41, 5.74) is 6.58. The largest absolute Gasteiger partial charge is 0.325 e. The fourth-order valence-electron chi connectivity index (χ4n) is 2.53. The molecule has 1 fully saturated rings. The first-order valence-electron chi connectivity index (χ1n) is 5.27. The summed E-state index contributed by atoms with van der Waals surface area (Å²) in [6, 6.07) is 0. The molecule has 1 heteroatoms. The highest BCUT2D eigenvalue weighted by molar-refractivity contribution is 4.98. The monoisotopic (exact) mass is 169 g/mol. The summed E-state index contributed by atoms with van der Waals surface area (Å²) < 4.78 is 0. The Morgan fingerprint density at radius 3 is 2.25 bits per heavy atom. The van der Waals surface area contributed by atoms with E-state index in [9.17, 15) is 0 Å². The van der Waals surface area contributed by atoms with Crippen molar-refractivity contribution in [1.82, 2.24) is 0 Å². The van der Waals surface area contributed by atoms with E-state index in [4.69, 9.17) is 5.73 Å². The van der Waals surface area contributed by atoms with Gasteiger partial charge in [-0.25, -0.2) is 0 Å². The summed E-state index contributed by atoms with van der Waals surface area (Å²) in [5.74, 6) is 2.10. The van der Waals surface area contributed by atoms with Crippen molar-refractivity contribution in [1.29, 1.82) is 0 Å². The third kappa shape index (κ3) is 1.52. The molecule has 1 saturated carbocycles. The zero-order valence-corrected chi connectivity index (χ0v) is 8.93. The van der Waals surface area contributed by atoms with E-state index >= 15 is 0 Å². The number of nitrogens with two attached hydrogens (primary N) is 1. The molecule has 0 heterocycles. The van der Waals surface area contributed by atoms with E-state index in [2.05, 4.69) is 27.7 Å². The summed E-state index contributed by atoms with van der Waals surface area (Å²) in [7, 11) is 0. The predicted molar refractivity (Wildman–Crippen MR) is 53.9 cm³/mol. The first-order valence-corrected chi connectivity index (χ1v) is 5.27. The van der Waals surface area contributed by atoms with Gasteiger partial charge < -0.3 is 5.73 Å². The van der Waals surface area contributed by atoms with Gasteiger partial charge in [0.05, 0.1) is 0 Å². The molecular formula is C11H23N. The van der Waals surface area contributed by atoms with Gasteiger partial charge in [0.15, 0.2) is 0 Å². The molecule has 0 radical (unpaired) electrons. The van der Waals surface area contributed by atoms with Gasteiger partial charge in [0.25, 0.3) is 0 Å². The standard InChI is InChI=1S/C11H23N/c1-8(2)10(4)11(12)7-5-6-9(11)3/h8-10H,5-7,12H2,1-4H3. The summed E-state index contributed by atoms with van der Waals surface area (Å²) in [4.78, 5) is 0. The Morgan fingerprint density at radius 2 is 1.92 bits per heavy atom. The Kier molecular flexibility index (Phi) is 2.82. The topological polar surface area (TPSA) is 26.0 Å². The van der Waals surface area contributed by atoms with Crippen LogP contribution in [0.25, 0.3) is 0 Å². The van der Waals surface area contributed by atoms with Gasteiger partial charge in [0.1, 0.15) is 0 Å². The van der Waals surface area contributed by atoms with Gasteiger partial charge >= 0.3 is 0 Å². The highest BCUT2D eigenvalue weighted by Crippen LogP contribution is 2.41. The van der Waals surface area contributed by atoms with Crippen molar-refractivity contribution in [2.24, 2.45) is 23.5 Å². The lowest BCUT2D eigenvalue weighted by molar-refractivity contribution is 0.183. The van der Waals surface area contributed by atoms with Crippen LogP contribution in [0, 0.1) is 17.8 Å². The molecule has 2 N–H and O–H groups in total. The molecule has 0 aromatic heterocycles. The summed E-state index contributed by atoms with van der Waals surface area (Å²) >= 11 is 0. The SMILES string of the molecule is CC(C)C(C)C1(N)CCCC1C. The van der Waals surface area contributed by atoms with Crippen molar-refractivity contribution in [2.75, 3.05) is 0 Å². The molecule has 1 rings (SSSR count). The van der Waals surface area contributed by atoms with Gasteiger partial charge in [-0.3, -0.25) is 0 Å². The zero-order valence-electron chi connectivity index (χ0n) is 8.93. The molecule has 0 aliphatic heterocycles. The van der Waals surface area contributed by atoms with Crippen molar-refractivity contribution in [2.45, 2.75) is 52.5 Å². The minimum absolute atomic E-state index is 0.133. The lowest BCUT2D eigenvalue weighted by Crippen LogP contribution is -2.50. The molecule has 72 valence electrons. The molecule has 3 atom stereocenters. The third-order valence-electron chi connectivity index (χ3n) is 4.01. The predicted octanol–water partition coefficient (Wildman–Crippen LogP) is 2.80. The van der Waals surface area contributed by atoms with Gasteiger partial charge in [0.2, 0.25) is 0 Å². The van der Waals surface area contributed by atoms with Crippen LogP contribution in [0.15, 0.2) is 0 Å². The highest BCUT2D eigenvalue weighted by Gasteiger charge is 2.41. The van der Waals surface area contributed by atoms with Crippen LogP contribution >= 0.6 is 0 Å². The van der Waals surface area contributed by atoms with Crippen molar-refractivity contribution in [3.63, 3.8) is 0 Å². The zero-order chi connectivity index (χ0) is 9.35. The first-order chi connectivity index (χ1) is 5.48. The van der Waals surface area contributed by atoms with Crippen LogP contribution in [0.5, 0.6) is 0 Å². The van der Waals surface area contributed by atoms with Crippen LogP contribution in [0.3, 0.4) is 0 Å².